The van der Waals surface area contributed by atoms with Crippen LogP contribution in [0.1, 0.15) is 36.5 Å². The summed E-state index contributed by atoms with van der Waals surface area (Å²) in [5, 5.41) is 9.68. The van der Waals surface area contributed by atoms with Gasteiger partial charge in [0.1, 0.15) is 5.82 Å². The quantitative estimate of drug-likeness (QED) is 0.787. The van der Waals surface area contributed by atoms with Crippen molar-refractivity contribution in [3.8, 4) is 0 Å². The van der Waals surface area contributed by atoms with Crippen molar-refractivity contribution in [3.05, 3.63) is 17.2 Å². The van der Waals surface area contributed by atoms with Crippen LogP contribution in [-0.2, 0) is 17.6 Å². The topological polar surface area (TPSA) is 69.2 Å². The van der Waals surface area contributed by atoms with Gasteiger partial charge in [-0.1, -0.05) is 0 Å². The zero-order valence-electron chi connectivity index (χ0n) is 11.4. The van der Waals surface area contributed by atoms with E-state index in [1.807, 2.05) is 11.8 Å². The fraction of sp³-hybridized carbons (Fsp3) is 0.714. The number of carbonyl (C=O) groups is 1. The number of H-pyrrole nitrogens is 1. The number of aromatic nitrogens is 2. The van der Waals surface area contributed by atoms with E-state index in [9.17, 15) is 9.90 Å². The van der Waals surface area contributed by atoms with E-state index in [-0.39, 0.29) is 17.9 Å². The van der Waals surface area contributed by atoms with Gasteiger partial charge >= 0.3 is 0 Å². The van der Waals surface area contributed by atoms with E-state index < -0.39 is 0 Å². The third-order valence-electron chi connectivity index (χ3n) is 4.22. The third-order valence-corrected chi connectivity index (χ3v) is 4.22. The van der Waals surface area contributed by atoms with Crippen LogP contribution in [0.4, 0.5) is 0 Å². The molecule has 1 amide bonds. The van der Waals surface area contributed by atoms with Gasteiger partial charge < -0.3 is 15.0 Å². The zero-order chi connectivity index (χ0) is 13.4. The Morgan fingerprint density at radius 3 is 3.11 bits per heavy atom. The molecule has 1 fully saturated rings. The number of fused-ring (bicyclic) bond motifs is 1. The molecule has 1 aromatic rings. The molecule has 5 nitrogen and oxygen atoms in total. The largest absolute Gasteiger partial charge is 0.391 e. The van der Waals surface area contributed by atoms with Crippen LogP contribution in [-0.4, -0.2) is 45.1 Å². The molecule has 1 aliphatic carbocycles. The molecule has 0 aromatic carbocycles. The third kappa shape index (κ3) is 2.52. The maximum absolute atomic E-state index is 12.5. The first kappa shape index (κ1) is 12.7. The Morgan fingerprint density at radius 2 is 2.32 bits per heavy atom. The molecule has 104 valence electrons. The van der Waals surface area contributed by atoms with Crippen LogP contribution in [0.3, 0.4) is 0 Å². The fourth-order valence-corrected chi connectivity index (χ4v) is 3.25. The van der Waals surface area contributed by atoms with Crippen LogP contribution in [0.2, 0.25) is 0 Å². The van der Waals surface area contributed by atoms with Gasteiger partial charge in [-0.05, 0) is 32.6 Å². The molecule has 19 heavy (non-hydrogen) atoms. The molecule has 0 spiro atoms. The highest BCUT2D eigenvalue weighted by Gasteiger charge is 2.31. The standard InChI is InChI=1S/C14H21N3O2/c1-9-15-12-5-4-10(7-13(12)16-9)14(19)17-6-2-3-11(18)8-17/h10-11,18H,2-8H2,1H3,(H,15,16). The molecule has 1 aromatic heterocycles. The molecule has 3 rings (SSSR count). The second kappa shape index (κ2) is 4.96. The SMILES string of the molecule is Cc1nc2c([nH]1)CC(C(=O)N1CCCC(O)C1)CC2. The number of rotatable bonds is 1. The summed E-state index contributed by atoms with van der Waals surface area (Å²) in [6.07, 6.45) is 3.91. The van der Waals surface area contributed by atoms with Gasteiger partial charge in [-0.25, -0.2) is 4.98 Å². The number of carbonyl (C=O) groups excluding carboxylic acids is 1. The lowest BCUT2D eigenvalue weighted by Crippen LogP contribution is -2.45. The molecule has 2 heterocycles. The van der Waals surface area contributed by atoms with E-state index in [2.05, 4.69) is 9.97 Å². The number of aromatic amines is 1. The Morgan fingerprint density at radius 1 is 1.47 bits per heavy atom. The van der Waals surface area contributed by atoms with Crippen LogP contribution < -0.4 is 0 Å². The number of hydrogen-bond donors (Lipinski definition) is 2. The number of aliphatic hydroxyl groups excluding tert-OH is 1. The van der Waals surface area contributed by atoms with E-state index in [1.165, 1.54) is 0 Å². The van der Waals surface area contributed by atoms with Crippen LogP contribution >= 0.6 is 0 Å². The Balaban J connectivity index is 1.68. The minimum Gasteiger partial charge on any atom is -0.391 e. The normalized spacial score (nSPS) is 27.2. The van der Waals surface area contributed by atoms with Gasteiger partial charge in [-0.2, -0.15) is 0 Å². The number of amides is 1. The second-order valence-corrected chi connectivity index (χ2v) is 5.77. The maximum Gasteiger partial charge on any atom is 0.226 e. The number of β-amino-alcohol motifs (C(OH)–C–C–N with tert-alkyl or cyclic N) is 1. The van der Waals surface area contributed by atoms with Gasteiger partial charge in [0.25, 0.3) is 0 Å². The first-order valence-electron chi connectivity index (χ1n) is 7.14. The molecule has 0 bridgehead atoms. The summed E-state index contributed by atoms with van der Waals surface area (Å²) in [5.74, 6) is 1.20. The molecular formula is C14H21N3O2. The Labute approximate surface area is 113 Å². The van der Waals surface area contributed by atoms with E-state index >= 15 is 0 Å². The number of nitrogens with zero attached hydrogens (tertiary/aromatic N) is 2. The average molecular weight is 263 g/mol. The molecule has 2 atom stereocenters. The van der Waals surface area contributed by atoms with Gasteiger partial charge in [0.05, 0.1) is 11.8 Å². The van der Waals surface area contributed by atoms with Gasteiger partial charge in [-0.15, -0.1) is 0 Å². The van der Waals surface area contributed by atoms with Gasteiger partial charge in [0.2, 0.25) is 5.91 Å². The highest BCUT2D eigenvalue weighted by atomic mass is 16.3. The predicted molar refractivity (Wildman–Crippen MR) is 70.7 cm³/mol. The van der Waals surface area contributed by atoms with E-state index in [1.54, 1.807) is 0 Å². The van der Waals surface area contributed by atoms with E-state index in [0.717, 1.165) is 55.9 Å². The Kier molecular flexibility index (Phi) is 3.31. The Bertz CT molecular complexity index is 483. The summed E-state index contributed by atoms with van der Waals surface area (Å²) in [5.41, 5.74) is 2.25. The van der Waals surface area contributed by atoms with Crippen molar-refractivity contribution in [2.24, 2.45) is 5.92 Å². The van der Waals surface area contributed by atoms with E-state index in [4.69, 9.17) is 0 Å². The lowest BCUT2D eigenvalue weighted by molar-refractivity contribution is -0.139. The average Bonchev–Trinajstić information content (AvgIpc) is 2.76. The van der Waals surface area contributed by atoms with Gasteiger partial charge in [0, 0.05) is 31.1 Å². The zero-order valence-corrected chi connectivity index (χ0v) is 11.4. The first-order valence-corrected chi connectivity index (χ1v) is 7.14. The van der Waals surface area contributed by atoms with E-state index in [0.29, 0.717) is 6.54 Å². The van der Waals surface area contributed by atoms with Crippen LogP contribution in [0.5, 0.6) is 0 Å². The summed E-state index contributed by atoms with van der Waals surface area (Å²) >= 11 is 0. The van der Waals surface area contributed by atoms with Crippen LogP contribution in [0, 0.1) is 12.8 Å². The molecule has 2 unspecified atom stereocenters. The summed E-state index contributed by atoms with van der Waals surface area (Å²) in [4.78, 5) is 22.0. The van der Waals surface area contributed by atoms with Crippen molar-refractivity contribution < 1.29 is 9.90 Å². The number of imidazole rings is 1. The summed E-state index contributed by atoms with van der Waals surface area (Å²) in [6.45, 7) is 3.25. The maximum atomic E-state index is 12.5. The van der Waals surface area contributed by atoms with Crippen molar-refractivity contribution in [2.75, 3.05) is 13.1 Å². The molecule has 2 aliphatic rings. The first-order chi connectivity index (χ1) is 9.13. The van der Waals surface area contributed by atoms with Crippen molar-refractivity contribution in [1.29, 1.82) is 0 Å². The van der Waals surface area contributed by atoms with Gasteiger partial charge in [-0.3, -0.25) is 4.79 Å². The lowest BCUT2D eigenvalue weighted by Gasteiger charge is -2.33. The molecule has 0 radical (unpaired) electrons. The number of nitrogens with one attached hydrogen (secondary N) is 1. The number of aliphatic hydroxyl groups is 1. The number of piperidine rings is 1. The molecule has 5 heteroatoms. The molecule has 0 saturated carbocycles. The Hall–Kier alpha value is -1.36. The fourth-order valence-electron chi connectivity index (χ4n) is 3.25. The molecular weight excluding hydrogens is 242 g/mol. The van der Waals surface area contributed by atoms with Crippen molar-refractivity contribution in [1.82, 2.24) is 14.9 Å². The summed E-state index contributed by atoms with van der Waals surface area (Å²) in [6, 6.07) is 0. The summed E-state index contributed by atoms with van der Waals surface area (Å²) < 4.78 is 0. The summed E-state index contributed by atoms with van der Waals surface area (Å²) in [7, 11) is 0. The molecule has 1 saturated heterocycles. The monoisotopic (exact) mass is 263 g/mol. The highest BCUT2D eigenvalue weighted by Crippen LogP contribution is 2.26. The minimum absolute atomic E-state index is 0.0534. The second-order valence-electron chi connectivity index (χ2n) is 5.77. The number of aryl methyl sites for hydroxylation is 2. The minimum atomic E-state index is -0.341. The number of hydrogen-bond acceptors (Lipinski definition) is 3. The van der Waals surface area contributed by atoms with Crippen LogP contribution in [0.25, 0.3) is 0 Å². The highest BCUT2D eigenvalue weighted by molar-refractivity contribution is 5.79. The van der Waals surface area contributed by atoms with Crippen LogP contribution in [0.15, 0.2) is 0 Å². The lowest BCUT2D eigenvalue weighted by atomic mass is 9.88. The predicted octanol–water partition coefficient (Wildman–Crippen LogP) is 0.806. The van der Waals surface area contributed by atoms with Crippen molar-refractivity contribution >= 4 is 5.91 Å². The molecule has 2 N–H and O–H groups in total. The van der Waals surface area contributed by atoms with Crippen molar-refractivity contribution in [2.45, 2.75) is 45.1 Å². The molecule has 1 aliphatic heterocycles. The number of likely N-dealkylation sites (tertiary alicyclic amines) is 1. The van der Waals surface area contributed by atoms with Crippen molar-refractivity contribution in [3.63, 3.8) is 0 Å². The van der Waals surface area contributed by atoms with Gasteiger partial charge in [0.15, 0.2) is 0 Å². The smallest absolute Gasteiger partial charge is 0.226 e.